The van der Waals surface area contributed by atoms with E-state index in [-0.39, 0.29) is 18.1 Å². The zero-order valence-corrected chi connectivity index (χ0v) is 6.85. The highest BCUT2D eigenvalue weighted by Crippen LogP contribution is 2.30. The minimum atomic E-state index is -4.47. The summed E-state index contributed by atoms with van der Waals surface area (Å²) in [6.45, 7) is 0. The number of nitrogens with zero attached hydrogens (tertiary/aromatic N) is 1. The zero-order valence-electron chi connectivity index (χ0n) is 6.85. The predicted octanol–water partition coefficient (Wildman–Crippen LogP) is 1.59. The van der Waals surface area contributed by atoms with Crippen LogP contribution in [0.3, 0.4) is 0 Å². The third kappa shape index (κ3) is 1.43. The van der Waals surface area contributed by atoms with Gasteiger partial charge in [-0.1, -0.05) is 6.07 Å². The van der Waals surface area contributed by atoms with Gasteiger partial charge in [0, 0.05) is 5.56 Å². The van der Waals surface area contributed by atoms with E-state index in [1.54, 1.807) is 0 Å². The second kappa shape index (κ2) is 2.70. The van der Waals surface area contributed by atoms with Crippen molar-refractivity contribution in [3.8, 4) is 0 Å². The first-order valence-electron chi connectivity index (χ1n) is 3.84. The summed E-state index contributed by atoms with van der Waals surface area (Å²) in [6.07, 6.45) is -4.37. The van der Waals surface area contributed by atoms with Crippen molar-refractivity contribution in [1.82, 2.24) is 4.98 Å². The molecule has 0 aliphatic carbocycles. The second-order valence-electron chi connectivity index (χ2n) is 2.93. The molecule has 2 heterocycles. The van der Waals surface area contributed by atoms with Crippen LogP contribution in [0, 0.1) is 0 Å². The van der Waals surface area contributed by atoms with Crippen LogP contribution in [0.15, 0.2) is 12.1 Å². The van der Waals surface area contributed by atoms with E-state index in [0.717, 1.165) is 6.07 Å². The first kappa shape index (κ1) is 8.98. The van der Waals surface area contributed by atoms with Gasteiger partial charge in [0.25, 0.3) is 0 Å². The number of aromatic nitrogens is 1. The average Bonchev–Trinajstić information content (AvgIpc) is 2.41. The minimum absolute atomic E-state index is 0.0184. The number of carbonyl (C=O) groups excluding carboxylic acids is 1. The lowest BCUT2D eigenvalue weighted by Gasteiger charge is -2.06. The Labute approximate surface area is 76.9 Å². The Morgan fingerprint density at radius 1 is 1.36 bits per heavy atom. The Bertz CT molecular complexity index is 400. The summed E-state index contributed by atoms with van der Waals surface area (Å²) in [5, 5.41) is 2.26. The highest BCUT2D eigenvalue weighted by molar-refractivity contribution is 5.97. The molecule has 2 rings (SSSR count). The molecule has 14 heavy (non-hydrogen) atoms. The number of pyridine rings is 1. The first-order valence-corrected chi connectivity index (χ1v) is 3.84. The van der Waals surface area contributed by atoms with E-state index < -0.39 is 11.9 Å². The molecule has 74 valence electrons. The van der Waals surface area contributed by atoms with Gasteiger partial charge in [0.05, 0.1) is 6.42 Å². The summed E-state index contributed by atoms with van der Waals surface area (Å²) in [7, 11) is 0. The number of halogens is 3. The fourth-order valence-electron chi connectivity index (χ4n) is 1.25. The van der Waals surface area contributed by atoms with Crippen LogP contribution in [0.4, 0.5) is 19.0 Å². The van der Waals surface area contributed by atoms with Gasteiger partial charge in [0.15, 0.2) is 0 Å². The summed E-state index contributed by atoms with van der Waals surface area (Å²) in [4.78, 5) is 14.1. The van der Waals surface area contributed by atoms with Gasteiger partial charge < -0.3 is 5.32 Å². The molecular weight excluding hydrogens is 197 g/mol. The van der Waals surface area contributed by atoms with Crippen molar-refractivity contribution in [2.75, 3.05) is 5.32 Å². The van der Waals surface area contributed by atoms with Gasteiger partial charge in [-0.05, 0) is 6.07 Å². The zero-order chi connectivity index (χ0) is 10.3. The summed E-state index contributed by atoms with van der Waals surface area (Å²) in [5.74, 6) is -0.309. The van der Waals surface area contributed by atoms with Gasteiger partial charge in [-0.2, -0.15) is 13.2 Å². The predicted molar refractivity (Wildman–Crippen MR) is 41.6 cm³/mol. The summed E-state index contributed by atoms with van der Waals surface area (Å²) < 4.78 is 36.5. The number of amides is 1. The number of anilines is 1. The molecule has 1 aromatic rings. The van der Waals surface area contributed by atoms with Crippen molar-refractivity contribution >= 4 is 11.7 Å². The molecule has 0 saturated heterocycles. The molecular formula is C8H5F3N2O. The van der Waals surface area contributed by atoms with Crippen molar-refractivity contribution in [3.05, 3.63) is 23.4 Å². The Morgan fingerprint density at radius 2 is 2.07 bits per heavy atom. The lowest BCUT2D eigenvalue weighted by molar-refractivity contribution is -0.141. The molecule has 6 heteroatoms. The standard InChI is InChI=1S/C8H5F3N2O/c9-8(10,11)5-2-1-4-3-6(14)13-7(4)12-5/h1-2H,3H2,(H,12,13,14). The van der Waals surface area contributed by atoms with Crippen molar-refractivity contribution in [2.24, 2.45) is 0 Å². The van der Waals surface area contributed by atoms with Gasteiger partial charge in [-0.3, -0.25) is 4.79 Å². The Balaban J connectivity index is 2.43. The molecule has 0 bridgehead atoms. The molecule has 3 nitrogen and oxygen atoms in total. The number of rotatable bonds is 0. The van der Waals surface area contributed by atoms with Crippen LogP contribution in [-0.2, 0) is 17.4 Å². The Morgan fingerprint density at radius 3 is 2.71 bits per heavy atom. The van der Waals surface area contributed by atoms with Crippen LogP contribution in [-0.4, -0.2) is 10.9 Å². The summed E-state index contributed by atoms with van der Waals surface area (Å²) in [6, 6.07) is 2.14. The average molecular weight is 202 g/mol. The highest BCUT2D eigenvalue weighted by atomic mass is 19.4. The smallest absolute Gasteiger partial charge is 0.310 e. The normalized spacial score (nSPS) is 15.2. The van der Waals surface area contributed by atoms with E-state index in [1.165, 1.54) is 6.07 Å². The maximum absolute atomic E-state index is 12.2. The molecule has 0 radical (unpaired) electrons. The largest absolute Gasteiger partial charge is 0.433 e. The minimum Gasteiger partial charge on any atom is -0.310 e. The molecule has 1 aromatic heterocycles. The fraction of sp³-hybridized carbons (Fsp3) is 0.250. The topological polar surface area (TPSA) is 42.0 Å². The number of hydrogen-bond acceptors (Lipinski definition) is 2. The molecule has 0 saturated carbocycles. The summed E-state index contributed by atoms with van der Waals surface area (Å²) in [5.41, 5.74) is -0.485. The molecule has 0 aromatic carbocycles. The molecule has 0 atom stereocenters. The number of fused-ring (bicyclic) bond motifs is 1. The van der Waals surface area contributed by atoms with Crippen molar-refractivity contribution in [2.45, 2.75) is 12.6 Å². The van der Waals surface area contributed by atoms with Gasteiger partial charge in [-0.25, -0.2) is 4.98 Å². The Kier molecular flexibility index (Phi) is 1.73. The van der Waals surface area contributed by atoms with Gasteiger partial charge in [0.1, 0.15) is 11.5 Å². The van der Waals surface area contributed by atoms with E-state index >= 15 is 0 Å². The van der Waals surface area contributed by atoms with Crippen LogP contribution < -0.4 is 5.32 Å². The van der Waals surface area contributed by atoms with Crippen molar-refractivity contribution < 1.29 is 18.0 Å². The molecule has 1 aliphatic heterocycles. The van der Waals surface area contributed by atoms with E-state index in [0.29, 0.717) is 5.56 Å². The van der Waals surface area contributed by atoms with Gasteiger partial charge in [0.2, 0.25) is 5.91 Å². The maximum Gasteiger partial charge on any atom is 0.433 e. The van der Waals surface area contributed by atoms with Crippen LogP contribution in [0.2, 0.25) is 0 Å². The van der Waals surface area contributed by atoms with Crippen LogP contribution >= 0.6 is 0 Å². The van der Waals surface area contributed by atoms with Crippen LogP contribution in [0.1, 0.15) is 11.3 Å². The number of carbonyl (C=O) groups is 1. The maximum atomic E-state index is 12.2. The number of hydrogen-bond donors (Lipinski definition) is 1. The lowest BCUT2D eigenvalue weighted by Crippen LogP contribution is -2.09. The van der Waals surface area contributed by atoms with Crippen LogP contribution in [0.25, 0.3) is 0 Å². The monoisotopic (exact) mass is 202 g/mol. The molecule has 1 N–H and O–H groups in total. The van der Waals surface area contributed by atoms with Gasteiger partial charge >= 0.3 is 6.18 Å². The molecule has 1 aliphatic rings. The first-order chi connectivity index (χ1) is 6.47. The van der Waals surface area contributed by atoms with E-state index in [4.69, 9.17) is 0 Å². The third-order valence-corrected chi connectivity index (χ3v) is 1.88. The van der Waals surface area contributed by atoms with Crippen molar-refractivity contribution in [3.63, 3.8) is 0 Å². The van der Waals surface area contributed by atoms with Crippen molar-refractivity contribution in [1.29, 1.82) is 0 Å². The van der Waals surface area contributed by atoms with E-state index in [9.17, 15) is 18.0 Å². The SMILES string of the molecule is O=C1Cc2ccc(C(F)(F)F)nc2N1. The third-order valence-electron chi connectivity index (χ3n) is 1.88. The molecule has 1 amide bonds. The number of alkyl halides is 3. The lowest BCUT2D eigenvalue weighted by atomic mass is 10.2. The molecule has 0 fully saturated rings. The van der Waals surface area contributed by atoms with Gasteiger partial charge in [-0.15, -0.1) is 0 Å². The second-order valence-corrected chi connectivity index (χ2v) is 2.93. The van der Waals surface area contributed by atoms with E-state index in [2.05, 4.69) is 10.3 Å². The quantitative estimate of drug-likeness (QED) is 0.694. The molecule has 0 spiro atoms. The van der Waals surface area contributed by atoms with E-state index in [1.807, 2.05) is 0 Å². The Hall–Kier alpha value is -1.59. The summed E-state index contributed by atoms with van der Waals surface area (Å²) >= 11 is 0. The molecule has 0 unspecified atom stereocenters. The van der Waals surface area contributed by atoms with Crippen LogP contribution in [0.5, 0.6) is 0 Å². The highest BCUT2D eigenvalue weighted by Gasteiger charge is 2.34. The number of nitrogens with one attached hydrogen (secondary N) is 1. The fourth-order valence-corrected chi connectivity index (χ4v) is 1.25.